The second-order valence-electron chi connectivity index (χ2n) is 9.74. The first kappa shape index (κ1) is 47.3. The fraction of sp³-hybridized carbons (Fsp3) is 0.156. The van der Waals surface area contributed by atoms with Gasteiger partial charge in [0.15, 0.2) is 11.2 Å². The number of nitrogen functional groups attached to an aromatic ring is 2. The molecule has 0 saturated heterocycles. The summed E-state index contributed by atoms with van der Waals surface area (Å²) in [7, 11) is 5.63. The first-order chi connectivity index (χ1) is 26.2. The molecule has 0 spiro atoms. The standard InChI is InChI=1S/C10H8ClN3O3.C10H10ClN3O.C7H8ClNO.C3H2N4O4.CH4O.CH4.H2/c1-17-9-4-7(2-3-8(9)11)13-5-10(12-6-13)14(15)16;1-15-9-4-7(2-3-8(9)11)14-5-10(12)13-6-14;1-10-7-4-5(9)2-3-6(7)8;8-6(9)3-1-5(2-4-3)7(10)11;1-2;;/h2-6H,1H3;2-6H,12H2,1H3;2-4H,9H2,1H3;1-2H;2H,1H3;1H4;1H. The molecule has 0 radical (unpaired) electrons. The molecule has 24 heteroatoms. The Balaban J connectivity index is 0.000000729. The van der Waals surface area contributed by atoms with Gasteiger partial charge >= 0.3 is 11.6 Å². The number of aliphatic hydroxyl groups excluding tert-OH is 1. The second kappa shape index (κ2) is 23.2. The van der Waals surface area contributed by atoms with Crippen molar-refractivity contribution in [3.63, 3.8) is 0 Å². The smallest absolute Gasteiger partial charge is 0.388 e. The van der Waals surface area contributed by atoms with Gasteiger partial charge in [0, 0.05) is 32.4 Å². The third-order valence-electron chi connectivity index (χ3n) is 6.33. The van der Waals surface area contributed by atoms with Crippen LogP contribution in [0, 0.1) is 30.3 Å². The molecule has 56 heavy (non-hydrogen) atoms. The van der Waals surface area contributed by atoms with E-state index in [-0.39, 0.29) is 14.7 Å². The van der Waals surface area contributed by atoms with Crippen molar-refractivity contribution in [3.05, 3.63) is 138 Å². The summed E-state index contributed by atoms with van der Waals surface area (Å²) in [6, 6.07) is 15.6. The van der Waals surface area contributed by atoms with Crippen molar-refractivity contribution in [1.82, 2.24) is 28.8 Å². The number of anilines is 2. The second-order valence-corrected chi connectivity index (χ2v) is 11.0. The molecule has 0 amide bonds. The van der Waals surface area contributed by atoms with E-state index in [2.05, 4.69) is 15.0 Å². The minimum atomic E-state index is -0.819. The maximum Gasteiger partial charge on any atom is 0.388 e. The predicted octanol–water partition coefficient (Wildman–Crippen LogP) is 6.81. The van der Waals surface area contributed by atoms with Gasteiger partial charge in [-0.25, -0.2) is 15.1 Å². The van der Waals surface area contributed by atoms with Gasteiger partial charge in [-0.1, -0.05) is 42.2 Å². The van der Waals surface area contributed by atoms with Gasteiger partial charge in [-0.05, 0) is 60.9 Å². The van der Waals surface area contributed by atoms with Crippen LogP contribution in [0.3, 0.4) is 0 Å². The molecule has 0 saturated carbocycles. The molecule has 0 atom stereocenters. The number of aliphatic hydroxyl groups is 1. The van der Waals surface area contributed by atoms with Crippen molar-refractivity contribution >= 4 is 57.9 Å². The molecule has 0 unspecified atom stereocenters. The lowest BCUT2D eigenvalue weighted by molar-refractivity contribution is -0.542. The summed E-state index contributed by atoms with van der Waals surface area (Å²) in [6.07, 6.45) is 7.53. The molecule has 302 valence electrons. The third-order valence-corrected chi connectivity index (χ3v) is 7.27. The normalized spacial score (nSPS) is 9.50. The molecular weight excluding hydrogens is 805 g/mol. The number of imidazole rings is 3. The molecule has 6 aromatic rings. The summed E-state index contributed by atoms with van der Waals surface area (Å²) in [6.45, 7) is 0. The molecular formula is C32H38Cl3N11O10. The van der Waals surface area contributed by atoms with Crippen LogP contribution in [0.15, 0.2) is 92.2 Å². The van der Waals surface area contributed by atoms with Crippen molar-refractivity contribution in [1.29, 1.82) is 0 Å². The molecule has 3 heterocycles. The van der Waals surface area contributed by atoms with E-state index in [0.717, 1.165) is 25.3 Å². The zero-order valence-electron chi connectivity index (χ0n) is 29.1. The number of aromatic nitrogens is 6. The maximum absolute atomic E-state index is 10.5. The van der Waals surface area contributed by atoms with Crippen LogP contribution < -0.4 is 25.7 Å². The van der Waals surface area contributed by atoms with Gasteiger partial charge < -0.3 is 55.6 Å². The lowest BCUT2D eigenvalue weighted by atomic mass is 10.3. The molecule has 3 aromatic carbocycles. The number of ether oxygens (including phenoxy) is 3. The summed E-state index contributed by atoms with van der Waals surface area (Å²) < 4.78 is 18.8. The van der Waals surface area contributed by atoms with Gasteiger partial charge in [-0.3, -0.25) is 4.57 Å². The van der Waals surface area contributed by atoms with Crippen LogP contribution in [-0.4, -0.2) is 77.2 Å². The van der Waals surface area contributed by atoms with Crippen molar-refractivity contribution < 1.29 is 35.6 Å². The quantitative estimate of drug-likeness (QED) is 0.0806. The number of hydrogen-bond acceptors (Lipinski definition) is 15. The number of methoxy groups -OCH3 is 3. The van der Waals surface area contributed by atoms with E-state index in [0.29, 0.717) is 54.2 Å². The average Bonchev–Trinajstić information content (AvgIpc) is 3.97. The Morgan fingerprint density at radius 3 is 1.41 bits per heavy atom. The predicted molar refractivity (Wildman–Crippen MR) is 212 cm³/mol. The van der Waals surface area contributed by atoms with Crippen LogP contribution in [0.4, 0.5) is 23.1 Å². The molecule has 0 bridgehead atoms. The van der Waals surface area contributed by atoms with Crippen molar-refractivity contribution in [2.75, 3.05) is 39.9 Å². The number of halogens is 3. The number of hydrogen-bond donors (Lipinski definition) is 3. The van der Waals surface area contributed by atoms with E-state index >= 15 is 0 Å². The van der Waals surface area contributed by atoms with Gasteiger partial charge in [-0.2, -0.15) is 0 Å². The molecule has 6 rings (SSSR count). The Bertz CT molecular complexity index is 2170. The summed E-state index contributed by atoms with van der Waals surface area (Å²) in [5.74, 6) is 1.47. The number of nitrogens with zero attached hydrogens (tertiary/aromatic N) is 9. The average molecular weight is 843 g/mol. The van der Waals surface area contributed by atoms with Crippen molar-refractivity contribution in [3.8, 4) is 28.6 Å². The highest BCUT2D eigenvalue weighted by Gasteiger charge is 2.15. The number of rotatable bonds is 8. The molecule has 0 aliphatic heterocycles. The molecule has 21 nitrogen and oxygen atoms in total. The SMILES string of the molecule is C.CO.COc1cc(-n2cnc(N)c2)ccc1Cl.COc1cc(-n2cnc([N+](=O)[O-])c2)ccc1Cl.COc1cc(N)ccc1Cl.O=[N+]([O-])c1cn([N+](=O)[O-])cn1.[HH]. The summed E-state index contributed by atoms with van der Waals surface area (Å²) in [5.41, 5.74) is 13.2. The van der Waals surface area contributed by atoms with Crippen LogP contribution >= 0.6 is 34.8 Å². The van der Waals surface area contributed by atoms with Crippen LogP contribution in [0.25, 0.3) is 11.4 Å². The van der Waals surface area contributed by atoms with Crippen molar-refractivity contribution in [2.24, 2.45) is 0 Å². The third kappa shape index (κ3) is 13.9. The minimum absolute atomic E-state index is 0. The summed E-state index contributed by atoms with van der Waals surface area (Å²) >= 11 is 17.5. The molecule has 0 aliphatic carbocycles. The highest BCUT2D eigenvalue weighted by atomic mass is 35.5. The largest absolute Gasteiger partial charge is 0.495 e. The van der Waals surface area contributed by atoms with E-state index in [4.69, 9.17) is 65.6 Å². The van der Waals surface area contributed by atoms with E-state index in [1.807, 2.05) is 12.1 Å². The lowest BCUT2D eigenvalue weighted by Crippen LogP contribution is -2.04. The fourth-order valence-electron chi connectivity index (χ4n) is 3.81. The van der Waals surface area contributed by atoms with Crippen LogP contribution in [-0.2, 0) is 0 Å². The Kier molecular flexibility index (Phi) is 19.6. The summed E-state index contributed by atoms with van der Waals surface area (Å²) in [4.78, 5) is 39.8. The summed E-state index contributed by atoms with van der Waals surface area (Å²) in [5, 5.41) is 38.2. The van der Waals surface area contributed by atoms with Crippen LogP contribution in [0.2, 0.25) is 15.1 Å². The van der Waals surface area contributed by atoms with E-state index < -0.39 is 20.7 Å². The van der Waals surface area contributed by atoms with Gasteiger partial charge in [0.1, 0.15) is 35.6 Å². The van der Waals surface area contributed by atoms with Gasteiger partial charge in [0.25, 0.3) is 6.33 Å². The Labute approximate surface area is 335 Å². The van der Waals surface area contributed by atoms with Gasteiger partial charge in [-0.15, -0.1) is 0 Å². The monoisotopic (exact) mass is 841 g/mol. The van der Waals surface area contributed by atoms with Crippen molar-refractivity contribution in [2.45, 2.75) is 7.43 Å². The van der Waals surface area contributed by atoms with Crippen LogP contribution in [0.5, 0.6) is 17.2 Å². The molecule has 0 aliphatic rings. The number of nitro groups is 3. The van der Waals surface area contributed by atoms with Gasteiger partial charge in [0.05, 0.1) is 54.0 Å². The Hall–Kier alpha value is -6.68. The zero-order chi connectivity index (χ0) is 41.2. The van der Waals surface area contributed by atoms with Crippen LogP contribution in [0.1, 0.15) is 8.85 Å². The maximum atomic E-state index is 10.5. The molecule has 3 aromatic heterocycles. The fourth-order valence-corrected chi connectivity index (χ4v) is 4.39. The zero-order valence-corrected chi connectivity index (χ0v) is 31.4. The lowest BCUT2D eigenvalue weighted by Gasteiger charge is -2.06. The highest BCUT2D eigenvalue weighted by Crippen LogP contribution is 2.28. The molecule has 5 N–H and O–H groups in total. The first-order valence-electron chi connectivity index (χ1n) is 14.7. The first-order valence-corrected chi connectivity index (χ1v) is 15.8. The molecule has 0 fully saturated rings. The Morgan fingerprint density at radius 1 is 0.643 bits per heavy atom. The number of benzene rings is 3. The topological polar surface area (TPSA) is 283 Å². The van der Waals surface area contributed by atoms with E-state index in [1.165, 1.54) is 24.2 Å². The minimum Gasteiger partial charge on any atom is -0.495 e. The van der Waals surface area contributed by atoms with E-state index in [9.17, 15) is 30.3 Å². The number of nitrogens with two attached hydrogens (primary N) is 2. The van der Waals surface area contributed by atoms with Gasteiger partial charge in [0.2, 0.25) is 6.33 Å². The Morgan fingerprint density at radius 2 is 1.05 bits per heavy atom. The highest BCUT2D eigenvalue weighted by molar-refractivity contribution is 6.32. The van der Waals surface area contributed by atoms with E-state index in [1.54, 1.807) is 73.8 Å².